The van der Waals surface area contributed by atoms with E-state index in [9.17, 15) is 9.59 Å². The highest BCUT2D eigenvalue weighted by Crippen LogP contribution is 2.11. The monoisotopic (exact) mass is 282 g/mol. The fraction of sp³-hybridized carbons (Fsp3) is 0.176. The fourth-order valence-corrected chi connectivity index (χ4v) is 1.91. The molecule has 2 aromatic carbocycles. The van der Waals surface area contributed by atoms with Gasteiger partial charge in [0.1, 0.15) is 0 Å². The van der Waals surface area contributed by atoms with Gasteiger partial charge in [0.05, 0.1) is 0 Å². The molecule has 2 aromatic rings. The Balaban J connectivity index is 1.80. The van der Waals surface area contributed by atoms with Crippen molar-refractivity contribution < 1.29 is 9.59 Å². The first-order chi connectivity index (χ1) is 10.1. The van der Waals surface area contributed by atoms with Crippen LogP contribution < -0.4 is 10.6 Å². The number of amides is 1. The summed E-state index contributed by atoms with van der Waals surface area (Å²) < 4.78 is 0. The normalized spacial score (nSPS) is 9.95. The summed E-state index contributed by atoms with van der Waals surface area (Å²) >= 11 is 0. The Kier molecular flexibility index (Phi) is 5.10. The zero-order chi connectivity index (χ0) is 15.1. The number of hydrogen-bond acceptors (Lipinski definition) is 3. The van der Waals surface area contributed by atoms with Crippen LogP contribution in [-0.2, 0) is 4.79 Å². The smallest absolute Gasteiger partial charge is 0.226 e. The van der Waals surface area contributed by atoms with E-state index in [0.29, 0.717) is 18.5 Å². The fourth-order valence-electron chi connectivity index (χ4n) is 1.91. The van der Waals surface area contributed by atoms with Crippen LogP contribution in [0, 0.1) is 0 Å². The highest BCUT2D eigenvalue weighted by molar-refractivity contribution is 5.95. The van der Waals surface area contributed by atoms with Gasteiger partial charge in [0, 0.05) is 29.9 Å². The van der Waals surface area contributed by atoms with Crippen molar-refractivity contribution in [1.29, 1.82) is 0 Å². The molecule has 0 heterocycles. The Labute approximate surface area is 124 Å². The first-order valence-electron chi connectivity index (χ1n) is 6.85. The van der Waals surface area contributed by atoms with E-state index >= 15 is 0 Å². The zero-order valence-corrected chi connectivity index (χ0v) is 11.9. The Morgan fingerprint density at radius 2 is 1.67 bits per heavy atom. The molecular weight excluding hydrogens is 264 g/mol. The second kappa shape index (κ2) is 7.24. The molecule has 0 unspecified atom stereocenters. The van der Waals surface area contributed by atoms with Crippen LogP contribution >= 0.6 is 0 Å². The molecule has 0 atom stereocenters. The molecule has 0 aliphatic heterocycles. The summed E-state index contributed by atoms with van der Waals surface area (Å²) in [7, 11) is 0. The van der Waals surface area contributed by atoms with Crippen LogP contribution in [0.4, 0.5) is 11.4 Å². The van der Waals surface area contributed by atoms with E-state index in [1.54, 1.807) is 12.1 Å². The van der Waals surface area contributed by atoms with Crippen LogP contribution in [0.25, 0.3) is 0 Å². The maximum atomic E-state index is 11.8. The van der Waals surface area contributed by atoms with Crippen LogP contribution in [0.15, 0.2) is 54.6 Å². The van der Waals surface area contributed by atoms with Gasteiger partial charge < -0.3 is 10.6 Å². The second-order valence-corrected chi connectivity index (χ2v) is 4.73. The molecular formula is C17H18N2O2. The first kappa shape index (κ1) is 14.8. The number of nitrogens with one attached hydrogen (secondary N) is 2. The number of Topliss-reactive ketones (excluding diaryl/α,β-unsaturated/α-hetero) is 1. The average Bonchev–Trinajstić information content (AvgIpc) is 2.48. The summed E-state index contributed by atoms with van der Waals surface area (Å²) in [5.74, 6) is -0.0168. The molecule has 0 bridgehead atoms. The number of hydrogen-bond donors (Lipinski definition) is 2. The molecule has 1 amide bonds. The molecule has 0 spiro atoms. The molecule has 0 fully saturated rings. The van der Waals surface area contributed by atoms with Crippen molar-refractivity contribution in [3.8, 4) is 0 Å². The van der Waals surface area contributed by atoms with Gasteiger partial charge in [0.15, 0.2) is 5.78 Å². The summed E-state index contributed by atoms with van der Waals surface area (Å²) in [5.41, 5.74) is 2.30. The van der Waals surface area contributed by atoms with Gasteiger partial charge >= 0.3 is 0 Å². The van der Waals surface area contributed by atoms with E-state index < -0.39 is 0 Å². The second-order valence-electron chi connectivity index (χ2n) is 4.73. The number of carbonyl (C=O) groups excluding carboxylic acids is 2. The standard InChI is InChI=1S/C17H18N2O2/c1-13(20)14-6-5-9-16(12-14)18-11-10-17(21)19-15-7-3-2-4-8-15/h2-9,12,18H,10-11H2,1H3,(H,19,21). The predicted molar refractivity (Wildman–Crippen MR) is 84.6 cm³/mol. The third kappa shape index (κ3) is 4.76. The van der Waals surface area contributed by atoms with Crippen molar-refractivity contribution in [2.45, 2.75) is 13.3 Å². The molecule has 21 heavy (non-hydrogen) atoms. The summed E-state index contributed by atoms with van der Waals surface area (Å²) in [5, 5.41) is 5.97. The molecule has 2 N–H and O–H groups in total. The summed E-state index contributed by atoms with van der Waals surface area (Å²) in [6, 6.07) is 16.6. The van der Waals surface area contributed by atoms with Gasteiger partial charge in [-0.1, -0.05) is 30.3 Å². The quantitative estimate of drug-likeness (QED) is 0.799. The summed E-state index contributed by atoms with van der Waals surface area (Å²) in [6.45, 7) is 2.05. The predicted octanol–water partition coefficient (Wildman–Crippen LogP) is 3.33. The van der Waals surface area contributed by atoms with Crippen molar-refractivity contribution in [3.05, 3.63) is 60.2 Å². The number of benzene rings is 2. The van der Waals surface area contributed by atoms with Crippen LogP contribution in [0.2, 0.25) is 0 Å². The summed E-state index contributed by atoms with van der Waals surface area (Å²) in [4.78, 5) is 23.1. The van der Waals surface area contributed by atoms with Crippen molar-refractivity contribution in [2.24, 2.45) is 0 Å². The van der Waals surface area contributed by atoms with Gasteiger partial charge in [-0.2, -0.15) is 0 Å². The van der Waals surface area contributed by atoms with Crippen molar-refractivity contribution in [1.82, 2.24) is 0 Å². The van der Waals surface area contributed by atoms with E-state index in [-0.39, 0.29) is 11.7 Å². The molecule has 0 saturated carbocycles. The van der Waals surface area contributed by atoms with Gasteiger partial charge in [-0.05, 0) is 31.2 Å². The van der Waals surface area contributed by atoms with Crippen LogP contribution in [0.3, 0.4) is 0 Å². The molecule has 0 aliphatic rings. The topological polar surface area (TPSA) is 58.2 Å². The Hall–Kier alpha value is -2.62. The average molecular weight is 282 g/mol. The van der Waals surface area contributed by atoms with E-state index in [4.69, 9.17) is 0 Å². The van der Waals surface area contributed by atoms with Gasteiger partial charge in [0.2, 0.25) is 5.91 Å². The number of carbonyl (C=O) groups is 2. The van der Waals surface area contributed by atoms with Crippen LogP contribution in [0.1, 0.15) is 23.7 Å². The highest BCUT2D eigenvalue weighted by Gasteiger charge is 2.03. The minimum Gasteiger partial charge on any atom is -0.385 e. The molecule has 4 heteroatoms. The lowest BCUT2D eigenvalue weighted by Gasteiger charge is -2.08. The highest BCUT2D eigenvalue weighted by atomic mass is 16.1. The largest absolute Gasteiger partial charge is 0.385 e. The number of para-hydroxylation sites is 1. The molecule has 2 rings (SSSR count). The third-order valence-corrected chi connectivity index (χ3v) is 3.01. The molecule has 0 saturated heterocycles. The van der Waals surface area contributed by atoms with Gasteiger partial charge in [0.25, 0.3) is 0 Å². The van der Waals surface area contributed by atoms with Crippen molar-refractivity contribution in [3.63, 3.8) is 0 Å². The van der Waals surface area contributed by atoms with E-state index in [0.717, 1.165) is 11.4 Å². The van der Waals surface area contributed by atoms with E-state index in [1.165, 1.54) is 6.92 Å². The van der Waals surface area contributed by atoms with Crippen LogP contribution in [-0.4, -0.2) is 18.2 Å². The molecule has 4 nitrogen and oxygen atoms in total. The minimum absolute atomic E-state index is 0.0282. The number of anilines is 2. The summed E-state index contributed by atoms with van der Waals surface area (Å²) in [6.07, 6.45) is 0.360. The lowest BCUT2D eigenvalue weighted by atomic mass is 10.1. The Bertz CT molecular complexity index is 624. The van der Waals surface area contributed by atoms with Crippen LogP contribution in [0.5, 0.6) is 0 Å². The van der Waals surface area contributed by atoms with Gasteiger partial charge in [-0.3, -0.25) is 9.59 Å². The number of ketones is 1. The van der Waals surface area contributed by atoms with Gasteiger partial charge in [-0.15, -0.1) is 0 Å². The maximum absolute atomic E-state index is 11.8. The van der Waals surface area contributed by atoms with E-state index in [2.05, 4.69) is 10.6 Å². The molecule has 108 valence electrons. The first-order valence-corrected chi connectivity index (χ1v) is 6.85. The molecule has 0 aromatic heterocycles. The third-order valence-electron chi connectivity index (χ3n) is 3.01. The van der Waals surface area contributed by atoms with Gasteiger partial charge in [-0.25, -0.2) is 0 Å². The van der Waals surface area contributed by atoms with Crippen molar-refractivity contribution >= 4 is 23.1 Å². The maximum Gasteiger partial charge on any atom is 0.226 e. The minimum atomic E-state index is -0.0450. The lowest BCUT2D eigenvalue weighted by Crippen LogP contribution is -2.16. The molecule has 0 radical (unpaired) electrons. The Morgan fingerprint density at radius 3 is 2.38 bits per heavy atom. The zero-order valence-electron chi connectivity index (χ0n) is 11.9. The number of rotatable bonds is 6. The van der Waals surface area contributed by atoms with E-state index in [1.807, 2.05) is 42.5 Å². The lowest BCUT2D eigenvalue weighted by molar-refractivity contribution is -0.115. The Morgan fingerprint density at radius 1 is 0.952 bits per heavy atom. The van der Waals surface area contributed by atoms with Crippen molar-refractivity contribution in [2.75, 3.05) is 17.2 Å². The molecule has 0 aliphatic carbocycles. The SMILES string of the molecule is CC(=O)c1cccc(NCCC(=O)Nc2ccccc2)c1.